The average Bonchev–Trinajstić information content (AvgIpc) is 2.36. The molecule has 5 heteroatoms. The van der Waals surface area contributed by atoms with Gasteiger partial charge in [0.1, 0.15) is 17.5 Å². The van der Waals surface area contributed by atoms with Crippen molar-refractivity contribution in [1.82, 2.24) is 9.97 Å². The number of aryl methyl sites for hydroxylation is 1. The molecule has 18 heavy (non-hydrogen) atoms. The molecule has 1 aliphatic rings. The Labute approximate surface area is 108 Å². The van der Waals surface area contributed by atoms with Crippen LogP contribution in [0.25, 0.3) is 0 Å². The first kappa shape index (κ1) is 12.8. The smallest absolute Gasteiger partial charge is 0.134 e. The maximum atomic E-state index is 9.71. The Morgan fingerprint density at radius 3 is 3.17 bits per heavy atom. The summed E-state index contributed by atoms with van der Waals surface area (Å²) in [5, 5.41) is 12.9. The highest BCUT2D eigenvalue weighted by Gasteiger charge is 2.19. The van der Waals surface area contributed by atoms with Crippen molar-refractivity contribution in [2.45, 2.75) is 25.9 Å². The second-order valence-electron chi connectivity index (χ2n) is 4.57. The normalized spacial score (nSPS) is 19.7. The zero-order valence-electron chi connectivity index (χ0n) is 10.8. The molecular formula is C13H20N4O. The first-order valence-electron chi connectivity index (χ1n) is 6.32. The molecule has 1 fully saturated rings. The largest absolute Gasteiger partial charge is 0.391 e. The van der Waals surface area contributed by atoms with E-state index in [1.54, 1.807) is 6.08 Å². The van der Waals surface area contributed by atoms with Gasteiger partial charge < -0.3 is 15.3 Å². The van der Waals surface area contributed by atoms with Gasteiger partial charge in [-0.25, -0.2) is 9.97 Å². The van der Waals surface area contributed by atoms with Crippen molar-refractivity contribution in [2.24, 2.45) is 0 Å². The quantitative estimate of drug-likeness (QED) is 0.787. The van der Waals surface area contributed by atoms with Crippen LogP contribution in [-0.2, 0) is 0 Å². The number of nitrogens with one attached hydrogen (secondary N) is 1. The van der Waals surface area contributed by atoms with Gasteiger partial charge in [0.25, 0.3) is 0 Å². The first-order valence-corrected chi connectivity index (χ1v) is 6.32. The second-order valence-corrected chi connectivity index (χ2v) is 4.57. The van der Waals surface area contributed by atoms with Crippen LogP contribution in [0.5, 0.6) is 0 Å². The minimum Gasteiger partial charge on any atom is -0.391 e. The first-order chi connectivity index (χ1) is 8.69. The van der Waals surface area contributed by atoms with Crippen molar-refractivity contribution in [1.29, 1.82) is 0 Å². The number of anilines is 2. The molecule has 1 aromatic rings. The van der Waals surface area contributed by atoms with E-state index in [9.17, 15) is 5.11 Å². The van der Waals surface area contributed by atoms with E-state index in [-0.39, 0.29) is 6.10 Å². The van der Waals surface area contributed by atoms with Crippen molar-refractivity contribution in [3.63, 3.8) is 0 Å². The summed E-state index contributed by atoms with van der Waals surface area (Å²) < 4.78 is 0. The summed E-state index contributed by atoms with van der Waals surface area (Å²) in [6.07, 6.45) is 3.42. The topological polar surface area (TPSA) is 61.3 Å². The minimum absolute atomic E-state index is 0.251. The van der Waals surface area contributed by atoms with Gasteiger partial charge in [0.05, 0.1) is 6.10 Å². The zero-order valence-corrected chi connectivity index (χ0v) is 10.8. The van der Waals surface area contributed by atoms with Gasteiger partial charge in [-0.1, -0.05) is 6.08 Å². The summed E-state index contributed by atoms with van der Waals surface area (Å²) in [5.41, 5.74) is 0. The van der Waals surface area contributed by atoms with Crippen LogP contribution in [0.4, 0.5) is 11.6 Å². The van der Waals surface area contributed by atoms with Crippen LogP contribution in [0, 0.1) is 6.92 Å². The van der Waals surface area contributed by atoms with Crippen molar-refractivity contribution >= 4 is 11.6 Å². The van der Waals surface area contributed by atoms with Crippen LogP contribution in [0.1, 0.15) is 18.7 Å². The fourth-order valence-electron chi connectivity index (χ4n) is 2.14. The lowest BCUT2D eigenvalue weighted by molar-refractivity contribution is 0.154. The Kier molecular flexibility index (Phi) is 4.15. The maximum absolute atomic E-state index is 9.71. The van der Waals surface area contributed by atoms with Crippen molar-refractivity contribution in [3.8, 4) is 0 Å². The van der Waals surface area contributed by atoms with Crippen molar-refractivity contribution < 1.29 is 5.11 Å². The maximum Gasteiger partial charge on any atom is 0.134 e. The average molecular weight is 248 g/mol. The van der Waals surface area contributed by atoms with Crippen LogP contribution in [-0.4, -0.2) is 40.8 Å². The third-order valence-corrected chi connectivity index (χ3v) is 2.97. The van der Waals surface area contributed by atoms with Crippen molar-refractivity contribution in [3.05, 3.63) is 24.5 Å². The van der Waals surface area contributed by atoms with Gasteiger partial charge in [-0.2, -0.15) is 0 Å². The van der Waals surface area contributed by atoms with Gasteiger partial charge in [0.15, 0.2) is 0 Å². The SMILES string of the molecule is C=CCNc1cc(N2CCCC(O)C2)nc(C)n1. The number of piperidine rings is 1. The van der Waals surface area contributed by atoms with Crippen molar-refractivity contribution in [2.75, 3.05) is 29.9 Å². The molecule has 1 atom stereocenters. The molecule has 1 saturated heterocycles. The number of hydrogen-bond acceptors (Lipinski definition) is 5. The Morgan fingerprint density at radius 1 is 1.61 bits per heavy atom. The van der Waals surface area contributed by atoms with Gasteiger partial charge in [-0.15, -0.1) is 6.58 Å². The molecule has 0 amide bonds. The number of β-amino-alcohol motifs (C(OH)–C–C–N with tert-alkyl or cyclic N) is 1. The van der Waals surface area contributed by atoms with E-state index in [1.165, 1.54) is 0 Å². The molecule has 98 valence electrons. The van der Waals surface area contributed by atoms with Gasteiger partial charge in [0.2, 0.25) is 0 Å². The fourth-order valence-corrected chi connectivity index (χ4v) is 2.14. The fraction of sp³-hybridized carbons (Fsp3) is 0.538. The summed E-state index contributed by atoms with van der Waals surface area (Å²) in [7, 11) is 0. The molecule has 1 aliphatic heterocycles. The van der Waals surface area contributed by atoms with E-state index in [4.69, 9.17) is 0 Å². The molecule has 0 aliphatic carbocycles. The summed E-state index contributed by atoms with van der Waals surface area (Å²) >= 11 is 0. The predicted octanol–water partition coefficient (Wildman–Crippen LogP) is 1.34. The molecule has 0 bridgehead atoms. The molecule has 2 N–H and O–H groups in total. The van der Waals surface area contributed by atoms with Gasteiger partial charge in [0, 0.05) is 25.7 Å². The number of aromatic nitrogens is 2. The Balaban J connectivity index is 2.15. The van der Waals surface area contributed by atoms with E-state index in [0.29, 0.717) is 13.1 Å². The third-order valence-electron chi connectivity index (χ3n) is 2.97. The number of nitrogens with zero attached hydrogens (tertiary/aromatic N) is 3. The van der Waals surface area contributed by atoms with Crippen LogP contribution in [0.2, 0.25) is 0 Å². The summed E-state index contributed by atoms with van der Waals surface area (Å²) in [5.74, 6) is 2.42. The molecule has 0 radical (unpaired) electrons. The second kappa shape index (κ2) is 5.82. The molecule has 2 heterocycles. The van der Waals surface area contributed by atoms with E-state index in [0.717, 1.165) is 36.8 Å². The molecule has 0 spiro atoms. The molecule has 0 saturated carbocycles. The zero-order chi connectivity index (χ0) is 13.0. The molecule has 0 aromatic carbocycles. The number of rotatable bonds is 4. The van der Waals surface area contributed by atoms with Gasteiger partial charge in [-0.05, 0) is 19.8 Å². The minimum atomic E-state index is -0.251. The summed E-state index contributed by atoms with van der Waals surface area (Å²) in [6, 6.07) is 1.93. The number of hydrogen-bond donors (Lipinski definition) is 2. The van der Waals surface area contributed by atoms with Gasteiger partial charge in [-0.3, -0.25) is 0 Å². The molecule has 2 rings (SSSR count). The van der Waals surface area contributed by atoms with E-state index >= 15 is 0 Å². The summed E-state index contributed by atoms with van der Waals surface area (Å²) in [4.78, 5) is 10.9. The van der Waals surface area contributed by atoms with E-state index in [1.807, 2.05) is 13.0 Å². The lowest BCUT2D eigenvalue weighted by atomic mass is 10.1. The molecule has 1 unspecified atom stereocenters. The third kappa shape index (κ3) is 3.20. The molecular weight excluding hydrogens is 228 g/mol. The van der Waals surface area contributed by atoms with E-state index < -0.39 is 0 Å². The highest BCUT2D eigenvalue weighted by molar-refractivity contribution is 5.50. The molecule has 1 aromatic heterocycles. The van der Waals surface area contributed by atoms with Crippen LogP contribution < -0.4 is 10.2 Å². The number of aliphatic hydroxyl groups excluding tert-OH is 1. The van der Waals surface area contributed by atoms with E-state index in [2.05, 4.69) is 26.8 Å². The Hall–Kier alpha value is -1.62. The van der Waals surface area contributed by atoms with Gasteiger partial charge >= 0.3 is 0 Å². The number of aliphatic hydroxyl groups is 1. The standard InChI is InChI=1S/C13H20N4O/c1-3-6-14-12-8-13(16-10(2)15-12)17-7-4-5-11(18)9-17/h3,8,11,18H,1,4-7,9H2,2H3,(H,14,15,16). The lowest BCUT2D eigenvalue weighted by Crippen LogP contribution is -2.38. The summed E-state index contributed by atoms with van der Waals surface area (Å²) in [6.45, 7) is 7.82. The van der Waals surface area contributed by atoms with Crippen LogP contribution in [0.15, 0.2) is 18.7 Å². The predicted molar refractivity (Wildman–Crippen MR) is 72.9 cm³/mol. The molecule has 5 nitrogen and oxygen atoms in total. The Bertz CT molecular complexity index is 421. The lowest BCUT2D eigenvalue weighted by Gasteiger charge is -2.31. The highest BCUT2D eigenvalue weighted by atomic mass is 16.3. The van der Waals surface area contributed by atoms with Crippen LogP contribution in [0.3, 0.4) is 0 Å². The van der Waals surface area contributed by atoms with Crippen LogP contribution >= 0.6 is 0 Å². The monoisotopic (exact) mass is 248 g/mol. The highest BCUT2D eigenvalue weighted by Crippen LogP contribution is 2.20. The Morgan fingerprint density at radius 2 is 2.44 bits per heavy atom.